The number of rotatable bonds is 8. The number of piperidine rings is 1. The molecule has 7 heteroatoms. The third-order valence-electron chi connectivity index (χ3n) is 7.99. The van der Waals surface area contributed by atoms with Crippen molar-refractivity contribution in [1.29, 1.82) is 0 Å². The number of amides is 2. The molecule has 37 heavy (non-hydrogen) atoms. The molecule has 2 aliphatic rings. The van der Waals surface area contributed by atoms with Gasteiger partial charge in [0, 0.05) is 52.1 Å². The average Bonchev–Trinajstić information content (AvgIpc) is 2.90. The molecule has 0 aliphatic carbocycles. The van der Waals surface area contributed by atoms with Crippen LogP contribution in [-0.2, 0) is 9.59 Å². The Balaban J connectivity index is 1.49. The second kappa shape index (κ2) is 12.6. The van der Waals surface area contributed by atoms with Gasteiger partial charge in [-0.25, -0.2) is 8.78 Å². The van der Waals surface area contributed by atoms with E-state index in [9.17, 15) is 18.4 Å². The average molecular weight is 512 g/mol. The predicted molar refractivity (Wildman–Crippen MR) is 141 cm³/mol. The van der Waals surface area contributed by atoms with Crippen molar-refractivity contribution >= 4 is 11.8 Å². The van der Waals surface area contributed by atoms with Crippen LogP contribution in [0.3, 0.4) is 0 Å². The van der Waals surface area contributed by atoms with Crippen LogP contribution in [0.4, 0.5) is 8.78 Å². The zero-order valence-electron chi connectivity index (χ0n) is 22.0. The van der Waals surface area contributed by atoms with E-state index in [1.54, 1.807) is 31.2 Å². The first-order chi connectivity index (χ1) is 17.9. The maximum absolute atomic E-state index is 13.7. The minimum Gasteiger partial charge on any atom is -0.343 e. The van der Waals surface area contributed by atoms with Crippen LogP contribution in [0.2, 0.25) is 0 Å². The minimum atomic E-state index is -0.285. The number of carbonyl (C=O) groups is 2. The van der Waals surface area contributed by atoms with Crippen molar-refractivity contribution < 1.29 is 18.4 Å². The summed E-state index contributed by atoms with van der Waals surface area (Å²) in [5.74, 6) is 0.0672. The molecule has 2 amide bonds. The number of nitrogens with zero attached hydrogens (tertiary/aromatic N) is 3. The first kappa shape index (κ1) is 27.2. The molecule has 0 spiro atoms. The Labute approximate surface area is 219 Å². The van der Waals surface area contributed by atoms with Crippen LogP contribution >= 0.6 is 0 Å². The summed E-state index contributed by atoms with van der Waals surface area (Å²) in [5.41, 5.74) is 1.92. The Hall–Kier alpha value is -2.80. The van der Waals surface area contributed by atoms with Crippen LogP contribution in [0, 0.1) is 17.6 Å². The maximum atomic E-state index is 13.7. The van der Waals surface area contributed by atoms with E-state index in [0.29, 0.717) is 32.0 Å². The van der Waals surface area contributed by atoms with E-state index in [1.807, 2.05) is 4.90 Å². The van der Waals surface area contributed by atoms with Gasteiger partial charge in [0.15, 0.2) is 0 Å². The molecule has 2 aliphatic heterocycles. The number of likely N-dealkylation sites (tertiary alicyclic amines) is 1. The number of unbranched alkanes of at least 4 members (excludes halogenated alkanes) is 1. The molecule has 1 unspecified atom stereocenters. The molecule has 2 aromatic carbocycles. The van der Waals surface area contributed by atoms with Crippen molar-refractivity contribution in [3.05, 3.63) is 71.3 Å². The van der Waals surface area contributed by atoms with Gasteiger partial charge in [-0.2, -0.15) is 0 Å². The molecule has 0 saturated carbocycles. The Kier molecular flexibility index (Phi) is 9.30. The van der Waals surface area contributed by atoms with E-state index in [2.05, 4.69) is 16.7 Å². The van der Waals surface area contributed by atoms with Gasteiger partial charge < -0.3 is 9.80 Å². The fourth-order valence-corrected chi connectivity index (χ4v) is 5.85. The van der Waals surface area contributed by atoms with Crippen molar-refractivity contribution in [1.82, 2.24) is 14.7 Å². The van der Waals surface area contributed by atoms with Gasteiger partial charge in [-0.3, -0.25) is 14.5 Å². The molecule has 2 heterocycles. The summed E-state index contributed by atoms with van der Waals surface area (Å²) in [7, 11) is 0. The molecule has 2 fully saturated rings. The van der Waals surface area contributed by atoms with Crippen molar-refractivity contribution in [2.75, 3.05) is 32.7 Å². The normalized spacial score (nSPS) is 19.4. The van der Waals surface area contributed by atoms with Crippen LogP contribution < -0.4 is 0 Å². The molecule has 2 saturated heterocycles. The van der Waals surface area contributed by atoms with Crippen LogP contribution in [-0.4, -0.2) is 65.3 Å². The summed E-state index contributed by atoms with van der Waals surface area (Å²) in [6.07, 6.45) is 5.32. The highest BCUT2D eigenvalue weighted by Gasteiger charge is 2.35. The fourth-order valence-electron chi connectivity index (χ4n) is 5.85. The summed E-state index contributed by atoms with van der Waals surface area (Å²) in [4.78, 5) is 31.4. The van der Waals surface area contributed by atoms with Crippen molar-refractivity contribution in [3.8, 4) is 0 Å². The summed E-state index contributed by atoms with van der Waals surface area (Å²) in [6, 6.07) is 13.0. The van der Waals surface area contributed by atoms with Crippen LogP contribution in [0.1, 0.15) is 69.5 Å². The Morgan fingerprint density at radius 2 is 1.46 bits per heavy atom. The summed E-state index contributed by atoms with van der Waals surface area (Å²) in [6.45, 7) is 7.28. The van der Waals surface area contributed by atoms with Gasteiger partial charge in [0.2, 0.25) is 11.8 Å². The Morgan fingerprint density at radius 1 is 0.892 bits per heavy atom. The lowest BCUT2D eigenvalue weighted by molar-refractivity contribution is -0.138. The molecule has 1 atom stereocenters. The van der Waals surface area contributed by atoms with Crippen molar-refractivity contribution in [2.45, 2.75) is 64.5 Å². The third-order valence-corrected chi connectivity index (χ3v) is 7.99. The highest BCUT2D eigenvalue weighted by Crippen LogP contribution is 2.33. The van der Waals surface area contributed by atoms with E-state index in [4.69, 9.17) is 0 Å². The maximum Gasteiger partial charge on any atom is 0.223 e. The number of hydrogen-bond donors (Lipinski definition) is 0. The molecule has 0 bridgehead atoms. The molecule has 4 rings (SSSR count). The molecule has 5 nitrogen and oxygen atoms in total. The zero-order valence-corrected chi connectivity index (χ0v) is 22.0. The van der Waals surface area contributed by atoms with Gasteiger partial charge in [-0.05, 0) is 60.6 Å². The highest BCUT2D eigenvalue weighted by molar-refractivity contribution is 5.77. The molecule has 2 aromatic rings. The summed E-state index contributed by atoms with van der Waals surface area (Å²) in [5, 5.41) is 0. The molecule has 200 valence electrons. The van der Waals surface area contributed by atoms with Crippen LogP contribution in [0.25, 0.3) is 0 Å². The topological polar surface area (TPSA) is 43.9 Å². The Bertz CT molecular complexity index is 990. The monoisotopic (exact) mass is 511 g/mol. The van der Waals surface area contributed by atoms with Gasteiger partial charge >= 0.3 is 0 Å². The SMILES string of the molecule is CCCCC1CN(C(c2ccc(F)cc2)c2ccc(F)cc2)CCN1C(=O)CC1CCN(C(C)=O)CC1. The van der Waals surface area contributed by atoms with Gasteiger partial charge in [0.1, 0.15) is 11.6 Å². The molecule has 0 aromatic heterocycles. The van der Waals surface area contributed by atoms with Crippen LogP contribution in [0.5, 0.6) is 0 Å². The summed E-state index contributed by atoms with van der Waals surface area (Å²) >= 11 is 0. The second-order valence-corrected chi connectivity index (χ2v) is 10.5. The standard InChI is InChI=1S/C30H39F2N3O2/c1-3-4-5-28-21-34(18-19-35(28)29(37)20-23-14-16-33(17-15-23)22(2)36)30(24-6-10-26(31)11-7-24)25-8-12-27(32)13-9-25/h6-13,23,28,30H,3-5,14-21H2,1-2H3. The second-order valence-electron chi connectivity index (χ2n) is 10.5. The molecule has 0 radical (unpaired) electrons. The highest BCUT2D eigenvalue weighted by atomic mass is 19.1. The lowest BCUT2D eigenvalue weighted by Gasteiger charge is -2.45. The largest absolute Gasteiger partial charge is 0.343 e. The third kappa shape index (κ3) is 6.95. The Morgan fingerprint density at radius 3 is 1.97 bits per heavy atom. The lowest BCUT2D eigenvalue weighted by atomic mass is 9.91. The molecular formula is C30H39F2N3O2. The zero-order chi connectivity index (χ0) is 26.4. The number of piperazine rings is 1. The number of carbonyl (C=O) groups excluding carboxylic acids is 2. The van der Waals surface area contributed by atoms with Gasteiger partial charge in [0.25, 0.3) is 0 Å². The number of hydrogen-bond acceptors (Lipinski definition) is 3. The molecule has 0 N–H and O–H groups in total. The fraction of sp³-hybridized carbons (Fsp3) is 0.533. The van der Waals surface area contributed by atoms with Gasteiger partial charge in [0.05, 0.1) is 6.04 Å². The van der Waals surface area contributed by atoms with Gasteiger partial charge in [-0.1, -0.05) is 44.0 Å². The summed E-state index contributed by atoms with van der Waals surface area (Å²) < 4.78 is 27.4. The van der Waals surface area contributed by atoms with E-state index in [-0.39, 0.29) is 35.5 Å². The first-order valence-electron chi connectivity index (χ1n) is 13.7. The smallest absolute Gasteiger partial charge is 0.223 e. The van der Waals surface area contributed by atoms with Gasteiger partial charge in [-0.15, -0.1) is 0 Å². The first-order valence-corrected chi connectivity index (χ1v) is 13.7. The van der Waals surface area contributed by atoms with Crippen molar-refractivity contribution in [2.24, 2.45) is 5.92 Å². The van der Waals surface area contributed by atoms with E-state index < -0.39 is 0 Å². The van der Waals surface area contributed by atoms with E-state index in [0.717, 1.165) is 56.3 Å². The molecular weight excluding hydrogens is 472 g/mol. The van der Waals surface area contributed by atoms with E-state index in [1.165, 1.54) is 24.3 Å². The number of halogens is 2. The van der Waals surface area contributed by atoms with E-state index >= 15 is 0 Å². The predicted octanol–water partition coefficient (Wildman–Crippen LogP) is 5.41. The number of benzene rings is 2. The van der Waals surface area contributed by atoms with Crippen molar-refractivity contribution in [3.63, 3.8) is 0 Å². The quantitative estimate of drug-likeness (QED) is 0.476. The lowest BCUT2D eigenvalue weighted by Crippen LogP contribution is -2.56. The minimum absolute atomic E-state index is 0.0990. The van der Waals surface area contributed by atoms with Crippen LogP contribution in [0.15, 0.2) is 48.5 Å².